The normalized spacial score (nSPS) is 12.9. The van der Waals surface area contributed by atoms with Gasteiger partial charge in [-0.2, -0.15) is 0 Å². The van der Waals surface area contributed by atoms with Crippen molar-refractivity contribution in [2.24, 2.45) is 11.7 Å². The molecule has 0 amide bonds. The van der Waals surface area contributed by atoms with Gasteiger partial charge in [-0.3, -0.25) is 0 Å². The summed E-state index contributed by atoms with van der Waals surface area (Å²) >= 11 is 0. The Kier molecular flexibility index (Phi) is 4.00. The van der Waals surface area contributed by atoms with E-state index in [1.165, 1.54) is 6.07 Å². The Morgan fingerprint density at radius 1 is 1.37 bits per heavy atom. The first kappa shape index (κ1) is 13.7. The summed E-state index contributed by atoms with van der Waals surface area (Å²) in [5.74, 6) is 0.316. The maximum atomic E-state index is 14.1. The number of nitrogens with two attached hydrogens (primary N) is 1. The lowest BCUT2D eigenvalue weighted by Crippen LogP contribution is -2.20. The van der Waals surface area contributed by atoms with Crippen LogP contribution in [0.2, 0.25) is 0 Å². The molecule has 0 aliphatic heterocycles. The Morgan fingerprint density at radius 3 is 2.68 bits per heavy atom. The Hall–Kier alpha value is -1.68. The van der Waals surface area contributed by atoms with Crippen LogP contribution in [0.25, 0.3) is 5.69 Å². The van der Waals surface area contributed by atoms with Crippen LogP contribution in [0.4, 0.5) is 4.39 Å². The number of aromatic nitrogens is 2. The smallest absolute Gasteiger partial charge is 0.147 e. The largest absolute Gasteiger partial charge is 0.330 e. The van der Waals surface area contributed by atoms with Crippen molar-refractivity contribution >= 4 is 0 Å². The standard InChI is InChI=1S/C15H20FN3/c1-10(2)12(7-17)15-8-18-9-19(15)14-5-4-11(3)6-13(14)16/h4-6,8-10,12H,7,17H2,1-3H3. The van der Waals surface area contributed by atoms with Gasteiger partial charge in [0.15, 0.2) is 0 Å². The molecule has 2 aromatic rings. The van der Waals surface area contributed by atoms with E-state index in [9.17, 15) is 4.39 Å². The van der Waals surface area contributed by atoms with Crippen LogP contribution in [0.5, 0.6) is 0 Å². The number of hydrogen-bond acceptors (Lipinski definition) is 2. The zero-order valence-corrected chi connectivity index (χ0v) is 11.6. The van der Waals surface area contributed by atoms with Gasteiger partial charge < -0.3 is 10.3 Å². The van der Waals surface area contributed by atoms with Gasteiger partial charge in [-0.25, -0.2) is 9.37 Å². The minimum absolute atomic E-state index is 0.170. The van der Waals surface area contributed by atoms with E-state index in [-0.39, 0.29) is 11.7 Å². The highest BCUT2D eigenvalue weighted by Crippen LogP contribution is 2.26. The topological polar surface area (TPSA) is 43.8 Å². The lowest BCUT2D eigenvalue weighted by molar-refractivity contribution is 0.487. The molecular formula is C15H20FN3. The van der Waals surface area contributed by atoms with Crippen molar-refractivity contribution in [2.75, 3.05) is 6.54 Å². The third-order valence-corrected chi connectivity index (χ3v) is 3.47. The number of imidazole rings is 1. The summed E-state index contributed by atoms with van der Waals surface area (Å²) in [6, 6.07) is 5.21. The van der Waals surface area contributed by atoms with Crippen molar-refractivity contribution in [1.29, 1.82) is 0 Å². The van der Waals surface area contributed by atoms with Gasteiger partial charge in [-0.05, 0) is 30.5 Å². The van der Waals surface area contributed by atoms with Crippen LogP contribution in [-0.4, -0.2) is 16.1 Å². The van der Waals surface area contributed by atoms with Crippen molar-refractivity contribution < 1.29 is 4.39 Å². The fraction of sp³-hybridized carbons (Fsp3) is 0.400. The predicted octanol–water partition coefficient (Wildman–Crippen LogP) is 3.02. The minimum Gasteiger partial charge on any atom is -0.330 e. The second-order valence-electron chi connectivity index (χ2n) is 5.23. The molecular weight excluding hydrogens is 241 g/mol. The average Bonchev–Trinajstić information content (AvgIpc) is 2.78. The van der Waals surface area contributed by atoms with Gasteiger partial charge in [0.05, 0.1) is 12.0 Å². The van der Waals surface area contributed by atoms with Crippen LogP contribution in [0.1, 0.15) is 31.0 Å². The molecule has 0 spiro atoms. The van der Waals surface area contributed by atoms with E-state index >= 15 is 0 Å². The monoisotopic (exact) mass is 261 g/mol. The van der Waals surface area contributed by atoms with E-state index < -0.39 is 0 Å². The Labute approximate surface area is 113 Å². The fourth-order valence-electron chi connectivity index (χ4n) is 2.32. The van der Waals surface area contributed by atoms with Crippen molar-refractivity contribution in [3.05, 3.63) is 47.8 Å². The molecule has 1 aromatic carbocycles. The summed E-state index contributed by atoms with van der Waals surface area (Å²) in [6.07, 6.45) is 3.42. The van der Waals surface area contributed by atoms with Gasteiger partial charge in [0.2, 0.25) is 0 Å². The van der Waals surface area contributed by atoms with Crippen molar-refractivity contribution in [3.63, 3.8) is 0 Å². The molecule has 1 aromatic heterocycles. The summed E-state index contributed by atoms with van der Waals surface area (Å²) < 4.78 is 15.9. The van der Waals surface area contributed by atoms with Crippen LogP contribution in [-0.2, 0) is 0 Å². The highest BCUT2D eigenvalue weighted by molar-refractivity contribution is 5.38. The van der Waals surface area contributed by atoms with Crippen LogP contribution < -0.4 is 5.73 Å². The molecule has 1 atom stereocenters. The Morgan fingerprint density at radius 2 is 2.11 bits per heavy atom. The van der Waals surface area contributed by atoms with Crippen molar-refractivity contribution in [1.82, 2.24) is 9.55 Å². The lowest BCUT2D eigenvalue weighted by atomic mass is 9.93. The molecule has 0 saturated carbocycles. The van der Waals surface area contributed by atoms with Crippen LogP contribution in [0.3, 0.4) is 0 Å². The van der Waals surface area contributed by atoms with Gasteiger partial charge in [0, 0.05) is 24.4 Å². The number of rotatable bonds is 4. The minimum atomic E-state index is -0.237. The molecule has 19 heavy (non-hydrogen) atoms. The third-order valence-electron chi connectivity index (χ3n) is 3.47. The molecule has 0 fully saturated rings. The molecule has 4 heteroatoms. The van der Waals surface area contributed by atoms with Crippen LogP contribution >= 0.6 is 0 Å². The molecule has 3 nitrogen and oxygen atoms in total. The molecule has 0 saturated heterocycles. The first-order chi connectivity index (χ1) is 9.04. The van der Waals surface area contributed by atoms with Crippen LogP contribution in [0, 0.1) is 18.7 Å². The zero-order valence-electron chi connectivity index (χ0n) is 11.6. The second-order valence-corrected chi connectivity index (χ2v) is 5.23. The summed E-state index contributed by atoms with van der Waals surface area (Å²) in [6.45, 7) is 6.62. The number of benzene rings is 1. The van der Waals surface area contributed by atoms with Gasteiger partial charge >= 0.3 is 0 Å². The molecule has 0 radical (unpaired) electrons. The SMILES string of the molecule is Cc1ccc(-n2cncc2C(CN)C(C)C)c(F)c1. The maximum absolute atomic E-state index is 14.1. The maximum Gasteiger partial charge on any atom is 0.147 e. The first-order valence-electron chi connectivity index (χ1n) is 6.53. The molecule has 2 N–H and O–H groups in total. The first-order valence-corrected chi connectivity index (χ1v) is 6.53. The Balaban J connectivity index is 2.49. The molecule has 0 aliphatic carbocycles. The predicted molar refractivity (Wildman–Crippen MR) is 74.9 cm³/mol. The van der Waals surface area contributed by atoms with E-state index in [4.69, 9.17) is 5.73 Å². The molecule has 2 rings (SSSR count). The summed E-state index contributed by atoms with van der Waals surface area (Å²) in [5.41, 5.74) is 8.23. The van der Waals surface area contributed by atoms with E-state index in [1.807, 2.05) is 13.0 Å². The van der Waals surface area contributed by atoms with Gasteiger partial charge in [0.25, 0.3) is 0 Å². The quantitative estimate of drug-likeness (QED) is 0.919. The summed E-state index contributed by atoms with van der Waals surface area (Å²) in [5, 5.41) is 0. The third kappa shape index (κ3) is 2.68. The number of aryl methyl sites for hydroxylation is 1. The van der Waals surface area contributed by atoms with Gasteiger partial charge in [-0.1, -0.05) is 19.9 Å². The fourth-order valence-corrected chi connectivity index (χ4v) is 2.32. The number of halogens is 1. The highest BCUT2D eigenvalue weighted by atomic mass is 19.1. The number of nitrogens with zero attached hydrogens (tertiary/aromatic N) is 2. The molecule has 0 aliphatic rings. The highest BCUT2D eigenvalue weighted by Gasteiger charge is 2.20. The lowest BCUT2D eigenvalue weighted by Gasteiger charge is -2.21. The zero-order chi connectivity index (χ0) is 14.0. The molecule has 1 heterocycles. The molecule has 102 valence electrons. The van der Waals surface area contributed by atoms with E-state index in [2.05, 4.69) is 18.8 Å². The van der Waals surface area contributed by atoms with E-state index in [1.54, 1.807) is 23.2 Å². The van der Waals surface area contributed by atoms with E-state index in [0.29, 0.717) is 18.2 Å². The summed E-state index contributed by atoms with van der Waals surface area (Å²) in [7, 11) is 0. The van der Waals surface area contributed by atoms with Crippen molar-refractivity contribution in [2.45, 2.75) is 26.7 Å². The summed E-state index contributed by atoms with van der Waals surface area (Å²) in [4.78, 5) is 4.15. The second kappa shape index (κ2) is 5.53. The molecule has 1 unspecified atom stereocenters. The number of hydrogen-bond donors (Lipinski definition) is 1. The Bertz CT molecular complexity index is 560. The van der Waals surface area contributed by atoms with Crippen molar-refractivity contribution in [3.8, 4) is 5.69 Å². The molecule has 0 bridgehead atoms. The van der Waals surface area contributed by atoms with E-state index in [0.717, 1.165) is 11.3 Å². The average molecular weight is 261 g/mol. The van der Waals surface area contributed by atoms with Gasteiger partial charge in [-0.15, -0.1) is 0 Å². The van der Waals surface area contributed by atoms with Crippen LogP contribution in [0.15, 0.2) is 30.7 Å². The van der Waals surface area contributed by atoms with Gasteiger partial charge in [0.1, 0.15) is 5.82 Å².